The van der Waals surface area contributed by atoms with E-state index in [1.807, 2.05) is 0 Å². The van der Waals surface area contributed by atoms with E-state index < -0.39 is 12.0 Å². The number of halogens is 3. The van der Waals surface area contributed by atoms with Gasteiger partial charge in [-0.05, 0) is 12.1 Å². The summed E-state index contributed by atoms with van der Waals surface area (Å²) in [6.45, 7) is 0. The molecule has 0 atom stereocenters. The van der Waals surface area contributed by atoms with Gasteiger partial charge in [0.1, 0.15) is 0 Å². The Morgan fingerprint density at radius 1 is 1.19 bits per heavy atom. The molecule has 1 aromatic carbocycles. The predicted molar refractivity (Wildman–Crippen MR) is 53.0 cm³/mol. The molecule has 2 rings (SSSR count). The van der Waals surface area contributed by atoms with Crippen LogP contribution in [0.15, 0.2) is 36.7 Å². The summed E-state index contributed by atoms with van der Waals surface area (Å²) >= 11 is 0. The van der Waals surface area contributed by atoms with Gasteiger partial charge in [0, 0.05) is 12.4 Å². The van der Waals surface area contributed by atoms with Crippen molar-refractivity contribution in [3.8, 4) is 5.69 Å². The summed E-state index contributed by atoms with van der Waals surface area (Å²) < 4.78 is 38.7. The van der Waals surface area contributed by atoms with Crippen molar-refractivity contribution < 1.29 is 13.2 Å². The molecule has 0 unspecified atom stereocenters. The molecule has 0 fully saturated rings. The summed E-state index contributed by atoms with van der Waals surface area (Å²) in [5, 5.41) is 0. The van der Waals surface area contributed by atoms with Gasteiger partial charge < -0.3 is 5.73 Å². The molecule has 1 aromatic heterocycles. The van der Waals surface area contributed by atoms with Crippen molar-refractivity contribution in [2.75, 3.05) is 5.73 Å². The molecule has 0 aliphatic carbocycles. The molecule has 0 spiro atoms. The third-order valence-corrected chi connectivity index (χ3v) is 2.09. The smallest absolute Gasteiger partial charge is 0.397 e. The van der Waals surface area contributed by atoms with Crippen LogP contribution in [0.3, 0.4) is 0 Å². The molecule has 16 heavy (non-hydrogen) atoms. The van der Waals surface area contributed by atoms with E-state index in [-0.39, 0.29) is 11.4 Å². The Morgan fingerprint density at radius 2 is 1.88 bits per heavy atom. The molecule has 0 saturated heterocycles. The van der Waals surface area contributed by atoms with Crippen LogP contribution in [0, 0.1) is 0 Å². The molecule has 0 aliphatic heterocycles. The average Bonchev–Trinajstić information content (AvgIpc) is 2.66. The largest absolute Gasteiger partial charge is 0.450 e. The van der Waals surface area contributed by atoms with Crippen molar-refractivity contribution >= 4 is 5.69 Å². The van der Waals surface area contributed by atoms with Gasteiger partial charge in [-0.3, -0.25) is 4.57 Å². The second-order valence-electron chi connectivity index (χ2n) is 3.18. The van der Waals surface area contributed by atoms with E-state index in [9.17, 15) is 13.2 Å². The van der Waals surface area contributed by atoms with Crippen molar-refractivity contribution in [2.45, 2.75) is 6.18 Å². The van der Waals surface area contributed by atoms with Gasteiger partial charge in [-0.1, -0.05) is 12.1 Å². The van der Waals surface area contributed by atoms with Crippen LogP contribution in [0.5, 0.6) is 0 Å². The van der Waals surface area contributed by atoms with Crippen molar-refractivity contribution in [1.82, 2.24) is 9.55 Å². The monoisotopic (exact) mass is 227 g/mol. The lowest BCUT2D eigenvalue weighted by Gasteiger charge is -2.11. The summed E-state index contributed by atoms with van der Waals surface area (Å²) in [5.41, 5.74) is 6.15. The Labute approximate surface area is 89.3 Å². The van der Waals surface area contributed by atoms with Crippen LogP contribution in [0.2, 0.25) is 0 Å². The number of alkyl halides is 3. The van der Waals surface area contributed by atoms with E-state index >= 15 is 0 Å². The van der Waals surface area contributed by atoms with Gasteiger partial charge in [0.05, 0.1) is 11.4 Å². The number of benzene rings is 1. The van der Waals surface area contributed by atoms with Crippen LogP contribution in [0.4, 0.5) is 18.9 Å². The molecular formula is C10H8F3N3. The number of nitrogens with zero attached hydrogens (tertiary/aromatic N) is 2. The van der Waals surface area contributed by atoms with E-state index in [4.69, 9.17) is 5.73 Å². The number of para-hydroxylation sites is 2. The van der Waals surface area contributed by atoms with Gasteiger partial charge in [-0.25, -0.2) is 4.98 Å². The zero-order chi connectivity index (χ0) is 11.8. The number of hydrogen-bond acceptors (Lipinski definition) is 2. The van der Waals surface area contributed by atoms with Gasteiger partial charge in [-0.2, -0.15) is 13.2 Å². The SMILES string of the molecule is Nc1ccccc1-n1ccnc1C(F)(F)F. The quantitative estimate of drug-likeness (QED) is 0.760. The number of rotatable bonds is 1. The first kappa shape index (κ1) is 10.5. The highest BCUT2D eigenvalue weighted by Crippen LogP contribution is 2.30. The minimum Gasteiger partial charge on any atom is -0.397 e. The molecule has 0 amide bonds. The number of aromatic nitrogens is 2. The zero-order valence-electron chi connectivity index (χ0n) is 8.07. The van der Waals surface area contributed by atoms with Crippen molar-refractivity contribution in [3.05, 3.63) is 42.5 Å². The molecular weight excluding hydrogens is 219 g/mol. The normalized spacial score (nSPS) is 11.7. The lowest BCUT2D eigenvalue weighted by molar-refractivity contribution is -0.145. The average molecular weight is 227 g/mol. The highest BCUT2D eigenvalue weighted by molar-refractivity contribution is 5.57. The topological polar surface area (TPSA) is 43.8 Å². The van der Waals surface area contributed by atoms with Crippen LogP contribution in [0.25, 0.3) is 5.69 Å². The number of hydrogen-bond donors (Lipinski definition) is 1. The third kappa shape index (κ3) is 1.73. The predicted octanol–water partition coefficient (Wildman–Crippen LogP) is 2.47. The fourth-order valence-electron chi connectivity index (χ4n) is 1.41. The standard InChI is InChI=1S/C10H8F3N3/c11-10(12,13)9-15-5-6-16(9)8-4-2-1-3-7(8)14/h1-6H,14H2. The van der Waals surface area contributed by atoms with Gasteiger partial charge in [0.25, 0.3) is 0 Å². The number of anilines is 1. The molecule has 3 nitrogen and oxygen atoms in total. The second-order valence-corrected chi connectivity index (χ2v) is 3.18. The van der Waals surface area contributed by atoms with E-state index in [1.54, 1.807) is 12.1 Å². The van der Waals surface area contributed by atoms with Crippen LogP contribution >= 0.6 is 0 Å². The van der Waals surface area contributed by atoms with E-state index in [0.29, 0.717) is 0 Å². The molecule has 2 N–H and O–H groups in total. The van der Waals surface area contributed by atoms with Crippen LogP contribution in [0.1, 0.15) is 5.82 Å². The Bertz CT molecular complexity index is 502. The number of imidazole rings is 1. The third-order valence-electron chi connectivity index (χ3n) is 2.09. The Hall–Kier alpha value is -1.98. The highest BCUT2D eigenvalue weighted by Gasteiger charge is 2.36. The van der Waals surface area contributed by atoms with E-state index in [2.05, 4.69) is 4.98 Å². The lowest BCUT2D eigenvalue weighted by Crippen LogP contribution is -2.14. The molecule has 84 valence electrons. The lowest BCUT2D eigenvalue weighted by atomic mass is 10.2. The van der Waals surface area contributed by atoms with E-state index in [0.717, 1.165) is 10.8 Å². The minimum atomic E-state index is -4.49. The first-order valence-corrected chi connectivity index (χ1v) is 4.45. The molecule has 0 aliphatic rings. The Balaban J connectivity index is 2.58. The van der Waals surface area contributed by atoms with Crippen LogP contribution in [-0.2, 0) is 6.18 Å². The second kappa shape index (κ2) is 3.55. The summed E-state index contributed by atoms with van der Waals surface area (Å²) in [6.07, 6.45) is -2.17. The summed E-state index contributed by atoms with van der Waals surface area (Å²) in [7, 11) is 0. The van der Waals surface area contributed by atoms with Crippen molar-refractivity contribution in [1.29, 1.82) is 0 Å². The van der Waals surface area contributed by atoms with E-state index in [1.165, 1.54) is 18.3 Å². The maximum absolute atomic E-state index is 12.6. The van der Waals surface area contributed by atoms with Crippen molar-refractivity contribution in [3.63, 3.8) is 0 Å². The van der Waals surface area contributed by atoms with Gasteiger partial charge >= 0.3 is 6.18 Å². The molecule has 1 heterocycles. The fraction of sp³-hybridized carbons (Fsp3) is 0.100. The van der Waals surface area contributed by atoms with Crippen molar-refractivity contribution in [2.24, 2.45) is 0 Å². The molecule has 0 radical (unpaired) electrons. The minimum absolute atomic E-state index is 0.269. The Morgan fingerprint density at radius 3 is 2.50 bits per heavy atom. The van der Waals surface area contributed by atoms with Crippen LogP contribution in [-0.4, -0.2) is 9.55 Å². The highest BCUT2D eigenvalue weighted by atomic mass is 19.4. The molecule has 6 heteroatoms. The molecule has 0 saturated carbocycles. The van der Waals surface area contributed by atoms with Gasteiger partial charge in [0.2, 0.25) is 5.82 Å². The van der Waals surface area contributed by atoms with Gasteiger partial charge in [-0.15, -0.1) is 0 Å². The Kier molecular flexibility index (Phi) is 2.34. The summed E-state index contributed by atoms with van der Waals surface area (Å²) in [5.74, 6) is -0.981. The summed E-state index contributed by atoms with van der Waals surface area (Å²) in [6, 6.07) is 6.32. The fourth-order valence-corrected chi connectivity index (χ4v) is 1.41. The number of nitrogen functional groups attached to an aromatic ring is 1. The maximum Gasteiger partial charge on any atom is 0.450 e. The summed E-state index contributed by atoms with van der Waals surface area (Å²) in [4.78, 5) is 3.29. The van der Waals surface area contributed by atoms with Crippen LogP contribution < -0.4 is 5.73 Å². The molecule has 2 aromatic rings. The number of nitrogens with two attached hydrogens (primary N) is 1. The first-order valence-electron chi connectivity index (χ1n) is 4.45. The molecule has 0 bridgehead atoms. The van der Waals surface area contributed by atoms with Gasteiger partial charge in [0.15, 0.2) is 0 Å². The maximum atomic E-state index is 12.6. The first-order chi connectivity index (χ1) is 7.50. The zero-order valence-corrected chi connectivity index (χ0v) is 8.07.